The number of carbonyl (C=O) groups excluding carboxylic acids is 2. The lowest BCUT2D eigenvalue weighted by Crippen LogP contribution is -2.42. The van der Waals surface area contributed by atoms with Crippen molar-refractivity contribution >= 4 is 17.6 Å². The quantitative estimate of drug-likeness (QED) is 0.537. The molecule has 3 rings (SSSR count). The van der Waals surface area contributed by atoms with E-state index in [4.69, 9.17) is 5.21 Å². The summed E-state index contributed by atoms with van der Waals surface area (Å²) >= 11 is 0. The molecule has 1 aliphatic rings. The minimum Gasteiger partial charge on any atom is -0.311 e. The average Bonchev–Trinajstić information content (AvgIpc) is 2.92. The molecule has 3 N–H and O–H groups in total. The summed E-state index contributed by atoms with van der Waals surface area (Å²) in [6.45, 7) is 3.65. The second-order valence-corrected chi connectivity index (χ2v) is 6.78. The van der Waals surface area contributed by atoms with Crippen molar-refractivity contribution < 1.29 is 28.0 Å². The molecule has 1 aromatic carbocycles. The van der Waals surface area contributed by atoms with Crippen molar-refractivity contribution in [1.29, 1.82) is 0 Å². The number of halogens is 3. The van der Waals surface area contributed by atoms with Gasteiger partial charge >= 0.3 is 12.2 Å². The summed E-state index contributed by atoms with van der Waals surface area (Å²) in [5.74, 6) is -0.693. The zero-order valence-corrected chi connectivity index (χ0v) is 15.0. The number of aromatic nitrogens is 1. The van der Waals surface area contributed by atoms with E-state index in [2.05, 4.69) is 10.3 Å². The van der Waals surface area contributed by atoms with E-state index in [0.717, 1.165) is 23.9 Å². The third-order valence-corrected chi connectivity index (χ3v) is 4.72. The molecule has 0 saturated heterocycles. The number of nitrogens with one attached hydrogen (secondary N) is 2. The number of hydroxylamine groups is 1. The standard InChI is InChI=1S/C18H17F3N4O3/c1-17(2)13-5-3-4-11(15(26)24-28)12(13)9-25(17)16(27)23-10-6-7-14(22-8-10)18(19,20)21/h3-8,28H,9H2,1-2H3,(H,23,27)(H,24,26). The maximum atomic E-state index is 12.7. The van der Waals surface area contributed by atoms with Crippen LogP contribution in [0.2, 0.25) is 0 Å². The highest BCUT2D eigenvalue weighted by Gasteiger charge is 2.42. The summed E-state index contributed by atoms with van der Waals surface area (Å²) in [6.07, 6.45) is -3.63. The Morgan fingerprint density at radius 1 is 1.21 bits per heavy atom. The minimum absolute atomic E-state index is 0.0891. The molecule has 0 saturated carbocycles. The third-order valence-electron chi connectivity index (χ3n) is 4.72. The van der Waals surface area contributed by atoms with Gasteiger partial charge in [0, 0.05) is 12.1 Å². The Kier molecular flexibility index (Phi) is 4.76. The summed E-state index contributed by atoms with van der Waals surface area (Å²) in [4.78, 5) is 29.4. The first-order chi connectivity index (χ1) is 13.1. The topological polar surface area (TPSA) is 94.6 Å². The minimum atomic E-state index is -4.56. The molecule has 2 aromatic rings. The van der Waals surface area contributed by atoms with Crippen LogP contribution in [0.3, 0.4) is 0 Å². The van der Waals surface area contributed by atoms with Crippen molar-refractivity contribution in [2.24, 2.45) is 0 Å². The molecule has 0 bridgehead atoms. The van der Waals surface area contributed by atoms with Crippen LogP contribution in [0.1, 0.15) is 41.0 Å². The van der Waals surface area contributed by atoms with Crippen molar-refractivity contribution in [1.82, 2.24) is 15.4 Å². The number of hydrogen-bond donors (Lipinski definition) is 3. The van der Waals surface area contributed by atoms with Crippen molar-refractivity contribution in [3.8, 4) is 0 Å². The van der Waals surface area contributed by atoms with Gasteiger partial charge in [0.1, 0.15) is 5.69 Å². The molecule has 0 unspecified atom stereocenters. The summed E-state index contributed by atoms with van der Waals surface area (Å²) in [7, 11) is 0. The van der Waals surface area contributed by atoms with Gasteiger partial charge in [0.25, 0.3) is 5.91 Å². The highest BCUT2D eigenvalue weighted by Crippen LogP contribution is 2.40. The number of anilines is 1. The predicted octanol–water partition coefficient (Wildman–Crippen LogP) is 3.50. The second-order valence-electron chi connectivity index (χ2n) is 6.78. The molecule has 10 heteroatoms. The summed E-state index contributed by atoms with van der Waals surface area (Å²) in [5.41, 5.74) is 1.40. The van der Waals surface area contributed by atoms with Crippen LogP contribution in [-0.2, 0) is 18.3 Å². The first-order valence-electron chi connectivity index (χ1n) is 8.24. The van der Waals surface area contributed by atoms with E-state index in [1.54, 1.807) is 31.5 Å². The number of nitrogens with zero attached hydrogens (tertiary/aromatic N) is 2. The molecule has 7 nitrogen and oxygen atoms in total. The van der Waals surface area contributed by atoms with Crippen molar-refractivity contribution in [2.75, 3.05) is 5.32 Å². The highest BCUT2D eigenvalue weighted by atomic mass is 19.4. The number of pyridine rings is 1. The van der Waals surface area contributed by atoms with Gasteiger partial charge in [0.05, 0.1) is 17.4 Å². The van der Waals surface area contributed by atoms with Gasteiger partial charge in [-0.05, 0) is 43.2 Å². The number of carbonyl (C=O) groups is 2. The number of amides is 3. The second kappa shape index (κ2) is 6.79. The Balaban J connectivity index is 1.84. The van der Waals surface area contributed by atoms with E-state index in [1.807, 2.05) is 0 Å². The highest BCUT2D eigenvalue weighted by molar-refractivity contribution is 5.96. The van der Waals surface area contributed by atoms with Crippen LogP contribution in [-0.4, -0.2) is 27.0 Å². The first kappa shape index (κ1) is 19.6. The zero-order chi connectivity index (χ0) is 20.7. The van der Waals surface area contributed by atoms with Crippen molar-refractivity contribution in [3.63, 3.8) is 0 Å². The molecule has 0 spiro atoms. The van der Waals surface area contributed by atoms with Crippen molar-refractivity contribution in [2.45, 2.75) is 32.1 Å². The fraction of sp³-hybridized carbons (Fsp3) is 0.278. The molecule has 0 atom stereocenters. The van der Waals surface area contributed by atoms with Crippen LogP contribution in [0, 0.1) is 0 Å². The molecule has 0 fully saturated rings. The van der Waals surface area contributed by atoms with Crippen LogP contribution in [0.4, 0.5) is 23.7 Å². The Hall–Kier alpha value is -3.14. The Labute approximate surface area is 158 Å². The van der Waals surface area contributed by atoms with Gasteiger partial charge in [-0.3, -0.25) is 10.0 Å². The zero-order valence-electron chi connectivity index (χ0n) is 15.0. The number of hydrogen-bond acceptors (Lipinski definition) is 4. The van der Waals surface area contributed by atoms with Gasteiger partial charge < -0.3 is 10.2 Å². The number of benzene rings is 1. The number of fused-ring (bicyclic) bond motifs is 1. The normalized spacial score (nSPS) is 15.1. The largest absolute Gasteiger partial charge is 0.433 e. The van der Waals surface area contributed by atoms with Gasteiger partial charge in [-0.2, -0.15) is 13.2 Å². The van der Waals surface area contributed by atoms with Crippen LogP contribution in [0.15, 0.2) is 36.5 Å². The Morgan fingerprint density at radius 3 is 2.50 bits per heavy atom. The molecule has 0 radical (unpaired) electrons. The summed E-state index contributed by atoms with van der Waals surface area (Å²) in [5, 5.41) is 11.4. The van der Waals surface area contributed by atoms with Crippen LogP contribution in [0.5, 0.6) is 0 Å². The van der Waals surface area contributed by atoms with E-state index in [-0.39, 0.29) is 17.8 Å². The Morgan fingerprint density at radius 2 is 1.93 bits per heavy atom. The lowest BCUT2D eigenvalue weighted by atomic mass is 9.91. The maximum Gasteiger partial charge on any atom is 0.433 e. The summed E-state index contributed by atoms with van der Waals surface area (Å²) < 4.78 is 37.8. The van der Waals surface area contributed by atoms with E-state index in [1.165, 1.54) is 11.0 Å². The molecule has 0 aliphatic carbocycles. The Bertz CT molecular complexity index is 927. The number of rotatable bonds is 2. The van der Waals surface area contributed by atoms with Crippen LogP contribution >= 0.6 is 0 Å². The van der Waals surface area contributed by atoms with Gasteiger partial charge in [0.2, 0.25) is 0 Å². The summed E-state index contributed by atoms with van der Waals surface area (Å²) in [6, 6.07) is 6.29. The average molecular weight is 394 g/mol. The van der Waals surface area contributed by atoms with E-state index >= 15 is 0 Å². The molecule has 1 aliphatic heterocycles. The smallest absolute Gasteiger partial charge is 0.311 e. The fourth-order valence-corrected chi connectivity index (χ4v) is 3.26. The molecule has 2 heterocycles. The number of alkyl halides is 3. The molecule has 3 amide bonds. The van der Waals surface area contributed by atoms with E-state index in [9.17, 15) is 22.8 Å². The SMILES string of the molecule is CC1(C)c2cccc(C(=O)NO)c2CN1C(=O)Nc1ccc(C(F)(F)F)nc1. The van der Waals surface area contributed by atoms with Crippen LogP contribution in [0.25, 0.3) is 0 Å². The monoisotopic (exact) mass is 394 g/mol. The van der Waals surface area contributed by atoms with Crippen molar-refractivity contribution in [3.05, 3.63) is 58.9 Å². The molecule has 148 valence electrons. The van der Waals surface area contributed by atoms with Gasteiger partial charge in [-0.15, -0.1) is 0 Å². The lowest BCUT2D eigenvalue weighted by molar-refractivity contribution is -0.141. The van der Waals surface area contributed by atoms with Gasteiger partial charge in [0.15, 0.2) is 0 Å². The third kappa shape index (κ3) is 3.38. The lowest BCUT2D eigenvalue weighted by Gasteiger charge is -2.32. The maximum absolute atomic E-state index is 12.7. The first-order valence-corrected chi connectivity index (χ1v) is 8.24. The predicted molar refractivity (Wildman–Crippen MR) is 92.5 cm³/mol. The fourth-order valence-electron chi connectivity index (χ4n) is 3.26. The van der Waals surface area contributed by atoms with Crippen LogP contribution < -0.4 is 10.8 Å². The van der Waals surface area contributed by atoms with Gasteiger partial charge in [-0.1, -0.05) is 12.1 Å². The van der Waals surface area contributed by atoms with E-state index < -0.39 is 29.3 Å². The van der Waals surface area contributed by atoms with E-state index in [0.29, 0.717) is 5.56 Å². The van der Waals surface area contributed by atoms with Gasteiger partial charge in [-0.25, -0.2) is 15.3 Å². The number of urea groups is 1. The molecule has 1 aromatic heterocycles. The molecular formula is C18H17F3N4O3. The molecular weight excluding hydrogens is 377 g/mol. The molecule has 28 heavy (non-hydrogen) atoms.